The maximum absolute atomic E-state index is 12.6. The second kappa shape index (κ2) is 8.59. The third-order valence-corrected chi connectivity index (χ3v) is 6.07. The number of allylic oxidation sites excluding steroid dienone is 3. The molecule has 2 atom stereocenters. The van der Waals surface area contributed by atoms with Crippen molar-refractivity contribution in [3.8, 4) is 0 Å². The highest BCUT2D eigenvalue weighted by Crippen LogP contribution is 2.17. The molecule has 1 N–H and O–H groups in total. The highest BCUT2D eigenvalue weighted by Gasteiger charge is 2.30. The number of carbonyl (C=O) groups is 2. The van der Waals surface area contributed by atoms with E-state index in [-0.39, 0.29) is 23.9 Å². The van der Waals surface area contributed by atoms with Gasteiger partial charge >= 0.3 is 6.03 Å². The Hall–Kier alpha value is -2.32. The molecule has 1 aliphatic carbocycles. The van der Waals surface area contributed by atoms with Gasteiger partial charge in [-0.3, -0.25) is 14.6 Å². The van der Waals surface area contributed by atoms with Gasteiger partial charge in [-0.05, 0) is 26.3 Å². The average Bonchev–Trinajstić information content (AvgIpc) is 3.17. The number of piperazine rings is 1. The predicted octanol–water partition coefficient (Wildman–Crippen LogP) is 0.918. The van der Waals surface area contributed by atoms with Gasteiger partial charge in [-0.2, -0.15) is 4.99 Å². The molecule has 2 unspecified atom stereocenters. The molecule has 4 aliphatic rings. The van der Waals surface area contributed by atoms with Crippen LogP contribution >= 0.6 is 0 Å². The number of rotatable bonds is 4. The van der Waals surface area contributed by atoms with Crippen LogP contribution in [0.1, 0.15) is 20.3 Å². The Kier molecular flexibility index (Phi) is 5.91. The second-order valence-corrected chi connectivity index (χ2v) is 8.41. The third-order valence-electron chi connectivity index (χ3n) is 6.07. The first-order valence-electron chi connectivity index (χ1n) is 10.6. The molecule has 3 aliphatic heterocycles. The number of hydrogen-bond donors (Lipinski definition) is 1. The maximum atomic E-state index is 12.6. The van der Waals surface area contributed by atoms with E-state index >= 15 is 0 Å². The summed E-state index contributed by atoms with van der Waals surface area (Å²) in [6, 6.07) is 0.800. The number of urea groups is 1. The summed E-state index contributed by atoms with van der Waals surface area (Å²) in [4.78, 5) is 40.0. The minimum absolute atomic E-state index is 0.0349. The Labute approximate surface area is 172 Å². The van der Waals surface area contributed by atoms with Crippen LogP contribution in [0.4, 0.5) is 4.79 Å². The lowest BCUT2D eigenvalue weighted by atomic mass is 9.96. The molecule has 0 aromatic carbocycles. The molecule has 0 radical (unpaired) electrons. The van der Waals surface area contributed by atoms with Crippen LogP contribution < -0.4 is 5.32 Å². The van der Waals surface area contributed by atoms with Crippen LogP contribution in [-0.4, -0.2) is 96.1 Å². The van der Waals surface area contributed by atoms with Gasteiger partial charge in [-0.25, -0.2) is 9.79 Å². The van der Waals surface area contributed by atoms with Crippen molar-refractivity contribution >= 4 is 23.5 Å². The molecule has 156 valence electrons. The molecular weight excluding hydrogens is 368 g/mol. The topological polar surface area (TPSA) is 80.6 Å². The molecule has 3 amide bonds. The van der Waals surface area contributed by atoms with E-state index in [2.05, 4.69) is 38.9 Å². The number of nitrogens with zero attached hydrogens (tertiary/aromatic N) is 5. The lowest BCUT2D eigenvalue weighted by Crippen LogP contribution is -2.54. The largest absolute Gasteiger partial charge is 0.334 e. The molecule has 2 saturated heterocycles. The van der Waals surface area contributed by atoms with Crippen molar-refractivity contribution in [2.75, 3.05) is 45.8 Å². The minimum atomic E-state index is -0.327. The molecule has 0 aromatic heterocycles. The predicted molar refractivity (Wildman–Crippen MR) is 113 cm³/mol. The highest BCUT2D eigenvalue weighted by molar-refractivity contribution is 6.21. The lowest BCUT2D eigenvalue weighted by Gasteiger charge is -2.35. The monoisotopic (exact) mass is 398 g/mol. The van der Waals surface area contributed by atoms with Gasteiger partial charge in [-0.1, -0.05) is 18.2 Å². The Morgan fingerprint density at radius 2 is 1.97 bits per heavy atom. The number of amidine groups is 1. The molecule has 3 heterocycles. The van der Waals surface area contributed by atoms with Gasteiger partial charge in [0.05, 0.1) is 12.3 Å². The van der Waals surface area contributed by atoms with E-state index in [1.807, 2.05) is 29.2 Å². The molecule has 0 saturated carbocycles. The summed E-state index contributed by atoms with van der Waals surface area (Å²) >= 11 is 0. The van der Waals surface area contributed by atoms with Gasteiger partial charge in [0.15, 0.2) is 0 Å². The van der Waals surface area contributed by atoms with Crippen LogP contribution in [0.15, 0.2) is 34.3 Å². The number of carbonyl (C=O) groups excluding carboxylic acids is 2. The van der Waals surface area contributed by atoms with Gasteiger partial charge in [0, 0.05) is 51.4 Å². The third kappa shape index (κ3) is 4.64. The average molecular weight is 399 g/mol. The summed E-state index contributed by atoms with van der Waals surface area (Å²) in [5.74, 6) is 0.0981. The van der Waals surface area contributed by atoms with E-state index in [9.17, 15) is 9.59 Å². The van der Waals surface area contributed by atoms with Crippen molar-refractivity contribution in [1.29, 1.82) is 0 Å². The fraction of sp³-hybridized carbons (Fsp3) is 0.619. The summed E-state index contributed by atoms with van der Waals surface area (Å²) in [6.07, 6.45) is 8.49. The molecule has 2 fully saturated rings. The van der Waals surface area contributed by atoms with Crippen molar-refractivity contribution < 1.29 is 9.59 Å². The summed E-state index contributed by atoms with van der Waals surface area (Å²) in [7, 11) is 0. The van der Waals surface area contributed by atoms with Gasteiger partial charge < -0.3 is 10.2 Å². The molecule has 4 rings (SSSR count). The SMILES string of the molecule is CC(C)N1CCC(NC(=O)N2CCN(CC3=NC(=O)C4C=CC=CC4=N3)CC2)C1. The molecule has 0 spiro atoms. The number of nitrogens with one attached hydrogen (secondary N) is 1. The minimum Gasteiger partial charge on any atom is -0.334 e. The lowest BCUT2D eigenvalue weighted by molar-refractivity contribution is -0.118. The summed E-state index contributed by atoms with van der Waals surface area (Å²) in [5.41, 5.74) is 0.771. The quantitative estimate of drug-likeness (QED) is 0.764. The molecule has 8 nitrogen and oxygen atoms in total. The van der Waals surface area contributed by atoms with Crippen molar-refractivity contribution in [1.82, 2.24) is 20.0 Å². The van der Waals surface area contributed by atoms with Gasteiger partial charge in [-0.15, -0.1) is 0 Å². The van der Waals surface area contributed by atoms with Crippen LogP contribution in [-0.2, 0) is 4.79 Å². The molecule has 29 heavy (non-hydrogen) atoms. The van der Waals surface area contributed by atoms with Crippen LogP contribution in [0.5, 0.6) is 0 Å². The van der Waals surface area contributed by atoms with Crippen molar-refractivity contribution in [2.24, 2.45) is 15.9 Å². The van der Waals surface area contributed by atoms with Crippen LogP contribution in [0.2, 0.25) is 0 Å². The van der Waals surface area contributed by atoms with Crippen molar-refractivity contribution in [3.05, 3.63) is 24.3 Å². The maximum Gasteiger partial charge on any atom is 0.317 e. The Morgan fingerprint density at radius 1 is 1.17 bits per heavy atom. The van der Waals surface area contributed by atoms with Crippen molar-refractivity contribution in [3.63, 3.8) is 0 Å². The number of fused-ring (bicyclic) bond motifs is 1. The van der Waals surface area contributed by atoms with Gasteiger partial charge in [0.25, 0.3) is 5.91 Å². The first kappa shape index (κ1) is 20.0. The van der Waals surface area contributed by atoms with Crippen LogP contribution in [0, 0.1) is 5.92 Å². The summed E-state index contributed by atoms with van der Waals surface area (Å²) < 4.78 is 0. The van der Waals surface area contributed by atoms with E-state index in [4.69, 9.17) is 0 Å². The first-order valence-corrected chi connectivity index (χ1v) is 10.6. The first-order chi connectivity index (χ1) is 14.0. The molecule has 0 aromatic rings. The van der Waals surface area contributed by atoms with Crippen LogP contribution in [0.3, 0.4) is 0 Å². The Bertz CT molecular complexity index is 776. The fourth-order valence-electron chi connectivity index (χ4n) is 4.24. The Balaban J connectivity index is 1.24. The highest BCUT2D eigenvalue weighted by atomic mass is 16.2. The van der Waals surface area contributed by atoms with Crippen molar-refractivity contribution in [2.45, 2.75) is 32.4 Å². The molecule has 8 heteroatoms. The number of hydrogen-bond acceptors (Lipinski definition) is 5. The van der Waals surface area contributed by atoms with Gasteiger partial charge in [0.1, 0.15) is 11.8 Å². The Morgan fingerprint density at radius 3 is 2.69 bits per heavy atom. The standard InChI is InChI=1S/C21H30N6O2/c1-15(2)27-8-7-16(13-27)22-21(29)26-11-9-25(10-12-26)14-19-23-18-6-4-3-5-17(18)20(28)24-19/h3-6,15-17H,7-14H2,1-2H3,(H,22,29). The normalized spacial score (nSPS) is 27.8. The van der Waals surface area contributed by atoms with E-state index in [0.717, 1.165) is 38.3 Å². The number of likely N-dealkylation sites (tertiary alicyclic amines) is 1. The number of aliphatic imine (C=N–C) groups is 2. The number of amides is 3. The van der Waals surface area contributed by atoms with E-state index in [1.54, 1.807) is 0 Å². The van der Waals surface area contributed by atoms with E-state index in [0.29, 0.717) is 31.5 Å². The van der Waals surface area contributed by atoms with Crippen LogP contribution in [0.25, 0.3) is 0 Å². The molecular formula is C21H30N6O2. The zero-order valence-electron chi connectivity index (χ0n) is 17.3. The zero-order valence-corrected chi connectivity index (χ0v) is 17.3. The van der Waals surface area contributed by atoms with E-state index < -0.39 is 0 Å². The summed E-state index contributed by atoms with van der Waals surface area (Å²) in [6.45, 7) is 9.78. The van der Waals surface area contributed by atoms with Gasteiger partial charge in [0.2, 0.25) is 0 Å². The molecule has 0 bridgehead atoms. The second-order valence-electron chi connectivity index (χ2n) is 8.41. The fourth-order valence-corrected chi connectivity index (χ4v) is 4.24. The van der Waals surface area contributed by atoms with E-state index in [1.165, 1.54) is 0 Å². The smallest absolute Gasteiger partial charge is 0.317 e. The zero-order chi connectivity index (χ0) is 20.4. The summed E-state index contributed by atoms with van der Waals surface area (Å²) in [5, 5.41) is 3.19.